The number of benzene rings is 2. The van der Waals surface area contributed by atoms with Crippen molar-refractivity contribution in [3.8, 4) is 0 Å². The molecule has 0 fully saturated rings. The number of aryl methyl sites for hydroxylation is 1. The minimum Gasteiger partial charge on any atom is -0.744 e. The maximum atomic E-state index is 10.7. The standard InChI is InChI=1S/C18H32N.C8H10O3S/c1-4-7-15-19(16-8-5-2,17-9-6-3)18-13-11-10-12-14-18;1-6-4-3-5-8(7(6)2)12(9,10)11/h10-14H,4-9,15-17H2,1-3H3;3-5H,1-2H3,(H,9,10,11)/q+1;/p-1. The lowest BCUT2D eigenvalue weighted by atomic mass is 10.1. The molecule has 0 unspecified atom stereocenters. The van der Waals surface area contributed by atoms with Crippen molar-refractivity contribution in [2.75, 3.05) is 19.6 Å². The monoisotopic (exact) mass is 447 g/mol. The van der Waals surface area contributed by atoms with Crippen LogP contribution in [0.1, 0.15) is 70.4 Å². The van der Waals surface area contributed by atoms with Gasteiger partial charge < -0.3 is 4.55 Å². The number of rotatable bonds is 11. The SMILES string of the molecule is CCCC[N+](CCCC)(CCCC)c1ccccc1.Cc1cccc(S(=O)(=O)[O-])c1C. The Labute approximate surface area is 190 Å². The van der Waals surface area contributed by atoms with Gasteiger partial charge in [0.2, 0.25) is 0 Å². The number of quaternary nitrogens is 1. The van der Waals surface area contributed by atoms with E-state index >= 15 is 0 Å². The average Bonchev–Trinajstić information content (AvgIpc) is 2.76. The molecule has 0 aromatic heterocycles. The first-order valence-electron chi connectivity index (χ1n) is 11.7. The van der Waals surface area contributed by atoms with E-state index in [-0.39, 0.29) is 4.90 Å². The first-order chi connectivity index (χ1) is 14.7. The van der Waals surface area contributed by atoms with Gasteiger partial charge in [-0.15, -0.1) is 0 Å². The fraction of sp³-hybridized carbons (Fsp3) is 0.538. The van der Waals surface area contributed by atoms with E-state index < -0.39 is 10.1 Å². The van der Waals surface area contributed by atoms with Crippen LogP contribution >= 0.6 is 0 Å². The van der Waals surface area contributed by atoms with Crippen LogP contribution in [-0.2, 0) is 10.1 Å². The minimum absolute atomic E-state index is 0.123. The van der Waals surface area contributed by atoms with Gasteiger partial charge in [0.1, 0.15) is 15.8 Å². The quantitative estimate of drug-likeness (QED) is 0.288. The molecule has 0 aliphatic rings. The third-order valence-corrected chi connectivity index (χ3v) is 6.93. The van der Waals surface area contributed by atoms with E-state index in [0.717, 1.165) is 5.56 Å². The summed E-state index contributed by atoms with van der Waals surface area (Å²) in [6.45, 7) is 14.2. The molecular weight excluding hydrogens is 406 g/mol. The van der Waals surface area contributed by atoms with Crippen molar-refractivity contribution in [2.24, 2.45) is 0 Å². The van der Waals surface area contributed by atoms with Crippen LogP contribution in [0.25, 0.3) is 0 Å². The van der Waals surface area contributed by atoms with Gasteiger partial charge in [0.25, 0.3) is 0 Å². The summed E-state index contributed by atoms with van der Waals surface area (Å²) in [5.41, 5.74) is 2.87. The Morgan fingerprint density at radius 3 is 1.61 bits per heavy atom. The summed E-state index contributed by atoms with van der Waals surface area (Å²) < 4.78 is 33.2. The van der Waals surface area contributed by atoms with Crippen molar-refractivity contribution in [1.82, 2.24) is 4.48 Å². The van der Waals surface area contributed by atoms with Crippen LogP contribution in [0.3, 0.4) is 0 Å². The fourth-order valence-corrected chi connectivity index (χ4v) is 4.63. The molecular formula is C26H41NO3S. The summed E-state index contributed by atoms with van der Waals surface area (Å²) in [5, 5.41) is 0. The highest BCUT2D eigenvalue weighted by molar-refractivity contribution is 7.85. The highest BCUT2D eigenvalue weighted by Gasteiger charge is 2.28. The smallest absolute Gasteiger partial charge is 0.132 e. The Balaban J connectivity index is 0.000000343. The van der Waals surface area contributed by atoms with Crippen molar-refractivity contribution in [3.05, 3.63) is 59.7 Å². The van der Waals surface area contributed by atoms with E-state index in [1.807, 2.05) is 0 Å². The number of unbranched alkanes of at least 4 members (excludes halogenated alkanes) is 3. The molecule has 0 aliphatic heterocycles. The molecule has 0 saturated heterocycles. The average molecular weight is 448 g/mol. The first kappa shape index (κ1) is 27.3. The van der Waals surface area contributed by atoms with Crippen molar-refractivity contribution >= 4 is 15.8 Å². The molecule has 31 heavy (non-hydrogen) atoms. The fourth-order valence-electron chi connectivity index (χ4n) is 3.84. The number of para-hydroxylation sites is 1. The highest BCUT2D eigenvalue weighted by atomic mass is 32.2. The lowest BCUT2D eigenvalue weighted by Crippen LogP contribution is -2.51. The van der Waals surface area contributed by atoms with Gasteiger partial charge in [0.05, 0.1) is 24.5 Å². The van der Waals surface area contributed by atoms with Crippen LogP contribution in [0.15, 0.2) is 53.4 Å². The van der Waals surface area contributed by atoms with Crippen LogP contribution in [0, 0.1) is 13.8 Å². The van der Waals surface area contributed by atoms with Crippen LogP contribution in [0.2, 0.25) is 0 Å². The summed E-state index contributed by atoms with van der Waals surface area (Å²) in [6.07, 6.45) is 7.90. The van der Waals surface area contributed by atoms with Gasteiger partial charge in [-0.05, 0) is 62.4 Å². The molecule has 0 aliphatic carbocycles. The van der Waals surface area contributed by atoms with Crippen LogP contribution in [-0.4, -0.2) is 32.6 Å². The zero-order valence-electron chi connectivity index (χ0n) is 20.1. The van der Waals surface area contributed by atoms with E-state index in [2.05, 4.69) is 51.1 Å². The molecule has 5 heteroatoms. The number of hydrogen-bond acceptors (Lipinski definition) is 3. The van der Waals surface area contributed by atoms with Crippen molar-refractivity contribution in [1.29, 1.82) is 0 Å². The molecule has 0 N–H and O–H groups in total. The molecule has 0 bridgehead atoms. The Morgan fingerprint density at radius 2 is 1.23 bits per heavy atom. The first-order valence-corrected chi connectivity index (χ1v) is 13.1. The van der Waals surface area contributed by atoms with Gasteiger partial charge in [0.15, 0.2) is 0 Å². The second kappa shape index (κ2) is 13.7. The molecule has 0 heterocycles. The van der Waals surface area contributed by atoms with E-state index in [1.54, 1.807) is 26.0 Å². The second-order valence-corrected chi connectivity index (χ2v) is 9.71. The van der Waals surface area contributed by atoms with Gasteiger partial charge in [-0.2, -0.15) is 0 Å². The molecule has 0 spiro atoms. The van der Waals surface area contributed by atoms with Crippen LogP contribution in [0.4, 0.5) is 5.69 Å². The summed E-state index contributed by atoms with van der Waals surface area (Å²) >= 11 is 0. The van der Waals surface area contributed by atoms with Gasteiger partial charge in [-0.3, -0.25) is 4.48 Å². The minimum atomic E-state index is -4.31. The second-order valence-electron chi connectivity index (χ2n) is 8.36. The zero-order chi connectivity index (χ0) is 23.3. The summed E-state index contributed by atoms with van der Waals surface area (Å²) in [4.78, 5) is -0.123. The van der Waals surface area contributed by atoms with Crippen molar-refractivity contribution in [3.63, 3.8) is 0 Å². The molecule has 0 saturated carbocycles. The Bertz CT molecular complexity index is 842. The Kier molecular flexibility index (Phi) is 12.1. The van der Waals surface area contributed by atoms with Crippen molar-refractivity contribution in [2.45, 2.75) is 78.0 Å². The van der Waals surface area contributed by atoms with Gasteiger partial charge >= 0.3 is 0 Å². The largest absolute Gasteiger partial charge is 0.744 e. The molecule has 2 aromatic carbocycles. The topological polar surface area (TPSA) is 57.2 Å². The predicted octanol–water partition coefficient (Wildman–Crippen LogP) is 6.60. The zero-order valence-corrected chi connectivity index (χ0v) is 20.9. The van der Waals surface area contributed by atoms with E-state index in [9.17, 15) is 13.0 Å². The van der Waals surface area contributed by atoms with E-state index in [1.165, 1.54) is 74.4 Å². The molecule has 174 valence electrons. The Morgan fingerprint density at radius 1 is 0.742 bits per heavy atom. The van der Waals surface area contributed by atoms with Gasteiger partial charge in [-0.25, -0.2) is 8.42 Å². The Hall–Kier alpha value is -1.69. The maximum absolute atomic E-state index is 10.7. The van der Waals surface area contributed by atoms with Crippen molar-refractivity contribution < 1.29 is 13.0 Å². The van der Waals surface area contributed by atoms with Crippen LogP contribution < -0.4 is 4.48 Å². The maximum Gasteiger partial charge on any atom is 0.132 e. The van der Waals surface area contributed by atoms with Gasteiger partial charge in [0, 0.05) is 0 Å². The predicted molar refractivity (Wildman–Crippen MR) is 131 cm³/mol. The highest BCUT2D eigenvalue weighted by Crippen LogP contribution is 2.26. The van der Waals surface area contributed by atoms with E-state index in [0.29, 0.717) is 5.56 Å². The molecule has 2 rings (SSSR count). The third-order valence-electron chi connectivity index (χ3n) is 5.95. The van der Waals surface area contributed by atoms with E-state index in [4.69, 9.17) is 0 Å². The molecule has 4 nitrogen and oxygen atoms in total. The summed E-state index contributed by atoms with van der Waals surface area (Å²) in [6, 6.07) is 15.9. The lowest BCUT2D eigenvalue weighted by molar-refractivity contribution is 0.259. The molecule has 0 amide bonds. The molecule has 2 aromatic rings. The molecule has 0 atom stereocenters. The van der Waals surface area contributed by atoms with Crippen LogP contribution in [0.5, 0.6) is 0 Å². The molecule has 0 radical (unpaired) electrons. The lowest BCUT2D eigenvalue weighted by Gasteiger charge is -2.38. The number of hydrogen-bond donors (Lipinski definition) is 0. The normalized spacial score (nSPS) is 11.7. The van der Waals surface area contributed by atoms with Gasteiger partial charge in [-0.1, -0.05) is 70.4 Å². The number of nitrogens with zero attached hydrogens (tertiary/aromatic N) is 1. The summed E-state index contributed by atoms with van der Waals surface area (Å²) in [7, 11) is -4.31. The summed E-state index contributed by atoms with van der Waals surface area (Å²) in [5.74, 6) is 0. The third kappa shape index (κ3) is 8.76.